The minimum atomic E-state index is 0.101. The van der Waals surface area contributed by atoms with E-state index in [-0.39, 0.29) is 5.78 Å². The number of hydrogen-bond donors (Lipinski definition) is 0. The third-order valence-electron chi connectivity index (χ3n) is 2.06. The number of hydrogen-bond acceptors (Lipinski definition) is 4. The van der Waals surface area contributed by atoms with Gasteiger partial charge in [0.05, 0.1) is 16.1 Å². The van der Waals surface area contributed by atoms with E-state index in [9.17, 15) is 4.79 Å². The van der Waals surface area contributed by atoms with Gasteiger partial charge in [-0.3, -0.25) is 4.79 Å². The van der Waals surface area contributed by atoms with Gasteiger partial charge in [-0.25, -0.2) is 4.98 Å². The second-order valence-corrected chi connectivity index (χ2v) is 4.96. The molecule has 0 saturated carbocycles. The van der Waals surface area contributed by atoms with Gasteiger partial charge in [0.1, 0.15) is 0 Å². The molecule has 0 unspecified atom stereocenters. The molecule has 2 aromatic heterocycles. The number of ketones is 1. The molecule has 0 radical (unpaired) electrons. The summed E-state index contributed by atoms with van der Waals surface area (Å²) in [4.78, 5) is 17.9. The van der Waals surface area contributed by atoms with E-state index in [2.05, 4.69) is 4.98 Å². The van der Waals surface area contributed by atoms with E-state index >= 15 is 0 Å². The zero-order valence-electron chi connectivity index (χ0n) is 7.90. The molecular weight excluding hydrogens is 214 g/mol. The number of rotatable bonds is 2. The largest absolute Gasteiger partial charge is 0.288 e. The first-order chi connectivity index (χ1) is 6.70. The van der Waals surface area contributed by atoms with Crippen LogP contribution in [0.15, 0.2) is 17.0 Å². The highest BCUT2D eigenvalue weighted by molar-refractivity contribution is 7.12. The average molecular weight is 223 g/mol. The van der Waals surface area contributed by atoms with Crippen molar-refractivity contribution in [1.29, 1.82) is 0 Å². The average Bonchev–Trinajstić information content (AvgIpc) is 2.73. The van der Waals surface area contributed by atoms with Crippen LogP contribution < -0.4 is 0 Å². The van der Waals surface area contributed by atoms with Crippen LogP contribution in [-0.4, -0.2) is 10.8 Å². The molecule has 4 heteroatoms. The van der Waals surface area contributed by atoms with E-state index in [1.165, 1.54) is 11.3 Å². The first-order valence-electron chi connectivity index (χ1n) is 4.19. The quantitative estimate of drug-likeness (QED) is 0.732. The molecule has 2 heterocycles. The fraction of sp³-hybridized carbons (Fsp3) is 0.200. The van der Waals surface area contributed by atoms with Crippen molar-refractivity contribution < 1.29 is 4.79 Å². The first kappa shape index (κ1) is 9.55. The van der Waals surface area contributed by atoms with Crippen molar-refractivity contribution in [3.63, 3.8) is 0 Å². The van der Waals surface area contributed by atoms with Gasteiger partial charge in [-0.05, 0) is 25.3 Å². The van der Waals surface area contributed by atoms with E-state index in [1.54, 1.807) is 16.8 Å². The second kappa shape index (κ2) is 3.63. The van der Waals surface area contributed by atoms with Crippen LogP contribution in [0.5, 0.6) is 0 Å². The van der Waals surface area contributed by atoms with Gasteiger partial charge in [0.15, 0.2) is 0 Å². The molecule has 2 aromatic rings. The Hall–Kier alpha value is -1.000. The Bertz CT molecular complexity index is 428. The predicted octanol–water partition coefficient (Wildman–Crippen LogP) is 3.05. The summed E-state index contributed by atoms with van der Waals surface area (Å²) in [6.45, 7) is 3.83. The summed E-state index contributed by atoms with van der Waals surface area (Å²) in [5.41, 5.74) is 3.34. The first-order valence-corrected chi connectivity index (χ1v) is 5.95. The molecular formula is C10H9NOS2. The highest BCUT2D eigenvalue weighted by Gasteiger charge is 2.16. The highest BCUT2D eigenvalue weighted by Crippen LogP contribution is 2.22. The molecule has 14 heavy (non-hydrogen) atoms. The van der Waals surface area contributed by atoms with Crippen molar-refractivity contribution in [3.8, 4) is 0 Å². The molecule has 0 aliphatic rings. The monoisotopic (exact) mass is 223 g/mol. The fourth-order valence-electron chi connectivity index (χ4n) is 1.26. The molecule has 0 bridgehead atoms. The Morgan fingerprint density at radius 2 is 2.14 bits per heavy atom. The van der Waals surface area contributed by atoms with Crippen molar-refractivity contribution >= 4 is 28.5 Å². The number of carbonyl (C=O) groups excluding carboxylic acids is 1. The van der Waals surface area contributed by atoms with Gasteiger partial charge in [0.2, 0.25) is 5.78 Å². The number of thiophene rings is 1. The van der Waals surface area contributed by atoms with Crippen LogP contribution in [0.2, 0.25) is 0 Å². The molecule has 0 N–H and O–H groups in total. The standard InChI is InChI=1S/C10H9NOS2/c1-6-10(14-5-11-6)9(12)8-3-4-13-7(8)2/h3-5H,1-2H3. The van der Waals surface area contributed by atoms with Gasteiger partial charge >= 0.3 is 0 Å². The maximum atomic E-state index is 12.0. The minimum Gasteiger partial charge on any atom is -0.288 e. The van der Waals surface area contributed by atoms with Crippen LogP contribution >= 0.6 is 22.7 Å². The molecule has 72 valence electrons. The molecule has 2 rings (SSSR count). The number of thiazole rings is 1. The van der Waals surface area contributed by atoms with Crippen molar-refractivity contribution in [2.24, 2.45) is 0 Å². The summed E-state index contributed by atoms with van der Waals surface area (Å²) in [5, 5.41) is 1.94. The van der Waals surface area contributed by atoms with E-state index < -0.39 is 0 Å². The van der Waals surface area contributed by atoms with Gasteiger partial charge in [0, 0.05) is 10.4 Å². The van der Waals surface area contributed by atoms with Crippen LogP contribution in [0.3, 0.4) is 0 Å². The van der Waals surface area contributed by atoms with Gasteiger partial charge < -0.3 is 0 Å². The van der Waals surface area contributed by atoms with E-state index in [0.29, 0.717) is 0 Å². The van der Waals surface area contributed by atoms with E-state index in [0.717, 1.165) is 21.0 Å². The predicted molar refractivity (Wildman–Crippen MR) is 59.3 cm³/mol. The lowest BCUT2D eigenvalue weighted by molar-refractivity contribution is 0.104. The molecule has 0 fully saturated rings. The Morgan fingerprint density at radius 3 is 2.64 bits per heavy atom. The van der Waals surface area contributed by atoms with Gasteiger partial charge in [0.25, 0.3) is 0 Å². The number of carbonyl (C=O) groups is 1. The Balaban J connectivity index is 2.44. The molecule has 2 nitrogen and oxygen atoms in total. The summed E-state index contributed by atoms with van der Waals surface area (Å²) in [7, 11) is 0. The molecule has 0 spiro atoms. The van der Waals surface area contributed by atoms with Crippen molar-refractivity contribution in [3.05, 3.63) is 38.0 Å². The maximum absolute atomic E-state index is 12.0. The van der Waals surface area contributed by atoms with Crippen molar-refractivity contribution in [2.75, 3.05) is 0 Å². The molecule has 0 aliphatic carbocycles. The van der Waals surface area contributed by atoms with E-state index in [4.69, 9.17) is 0 Å². The Morgan fingerprint density at radius 1 is 1.36 bits per heavy atom. The van der Waals surface area contributed by atoms with Gasteiger partial charge in [-0.15, -0.1) is 22.7 Å². The minimum absolute atomic E-state index is 0.101. The maximum Gasteiger partial charge on any atom is 0.205 e. The lowest BCUT2D eigenvalue weighted by Crippen LogP contribution is -2.00. The summed E-state index contributed by atoms with van der Waals surface area (Å²) >= 11 is 3.01. The van der Waals surface area contributed by atoms with Crippen molar-refractivity contribution in [2.45, 2.75) is 13.8 Å². The summed E-state index contributed by atoms with van der Waals surface area (Å²) < 4.78 is 0. The van der Waals surface area contributed by atoms with Crippen LogP contribution in [0, 0.1) is 13.8 Å². The number of aromatic nitrogens is 1. The Kier molecular flexibility index (Phi) is 2.48. The van der Waals surface area contributed by atoms with Crippen LogP contribution in [-0.2, 0) is 0 Å². The third kappa shape index (κ3) is 1.51. The summed E-state index contributed by atoms with van der Waals surface area (Å²) in [6, 6.07) is 1.88. The molecule has 0 amide bonds. The second-order valence-electron chi connectivity index (χ2n) is 2.99. The molecule has 0 saturated heterocycles. The molecule has 0 aromatic carbocycles. The fourth-order valence-corrected chi connectivity index (χ4v) is 2.72. The summed E-state index contributed by atoms with van der Waals surface area (Å²) in [5.74, 6) is 0.101. The lowest BCUT2D eigenvalue weighted by atomic mass is 10.1. The van der Waals surface area contributed by atoms with Gasteiger partial charge in [-0.1, -0.05) is 0 Å². The third-order valence-corrected chi connectivity index (χ3v) is 3.83. The van der Waals surface area contributed by atoms with E-state index in [1.807, 2.05) is 25.3 Å². The zero-order valence-corrected chi connectivity index (χ0v) is 9.54. The Labute approximate surface area is 90.2 Å². The smallest absolute Gasteiger partial charge is 0.205 e. The highest BCUT2D eigenvalue weighted by atomic mass is 32.1. The molecule has 0 aliphatic heterocycles. The zero-order chi connectivity index (χ0) is 10.1. The van der Waals surface area contributed by atoms with Crippen molar-refractivity contribution in [1.82, 2.24) is 4.98 Å². The number of aryl methyl sites for hydroxylation is 2. The lowest BCUT2D eigenvalue weighted by Gasteiger charge is -1.96. The van der Waals surface area contributed by atoms with Crippen LogP contribution in [0.25, 0.3) is 0 Å². The topological polar surface area (TPSA) is 30.0 Å². The number of nitrogens with zero attached hydrogens (tertiary/aromatic N) is 1. The van der Waals surface area contributed by atoms with Gasteiger partial charge in [-0.2, -0.15) is 0 Å². The molecule has 0 atom stereocenters. The SMILES string of the molecule is Cc1ncsc1C(=O)c1ccsc1C. The summed E-state index contributed by atoms with van der Waals surface area (Å²) in [6.07, 6.45) is 0. The van der Waals surface area contributed by atoms with Crippen LogP contribution in [0.1, 0.15) is 25.8 Å². The normalized spacial score (nSPS) is 10.4. The van der Waals surface area contributed by atoms with Crippen LogP contribution in [0.4, 0.5) is 0 Å².